The predicted molar refractivity (Wildman–Crippen MR) is 122 cm³/mol. The van der Waals surface area contributed by atoms with E-state index < -0.39 is 10.0 Å². The van der Waals surface area contributed by atoms with Crippen LogP contribution in [0.2, 0.25) is 0 Å². The standard InChI is InChI=1S/C24H26N2O5S/c1-16-20-15-18(30-2)6-9-22(20)31-23(16)24(27)26-13-10-17-14-19(7-8-21(17)26)32(28,29)25-11-4-3-5-12-25/h6-9,14-15H,3-5,10-13H2,1-2H3. The maximum absolute atomic E-state index is 13.4. The Kier molecular flexibility index (Phi) is 5.22. The molecule has 0 unspecified atom stereocenters. The Bertz CT molecular complexity index is 1310. The van der Waals surface area contributed by atoms with Crippen LogP contribution >= 0.6 is 0 Å². The Morgan fingerprint density at radius 3 is 2.56 bits per heavy atom. The molecule has 1 aromatic heterocycles. The van der Waals surface area contributed by atoms with E-state index in [0.717, 1.165) is 41.5 Å². The first-order valence-electron chi connectivity index (χ1n) is 10.9. The number of sulfonamides is 1. The number of nitrogens with zero attached hydrogens (tertiary/aromatic N) is 2. The fraction of sp³-hybridized carbons (Fsp3) is 0.375. The number of aryl methyl sites for hydroxylation is 1. The smallest absolute Gasteiger partial charge is 0.294 e. The predicted octanol–water partition coefficient (Wildman–Crippen LogP) is 4.13. The summed E-state index contributed by atoms with van der Waals surface area (Å²) in [5.41, 5.74) is 3.01. The number of anilines is 1. The summed E-state index contributed by atoms with van der Waals surface area (Å²) >= 11 is 0. The molecule has 7 nitrogen and oxygen atoms in total. The topological polar surface area (TPSA) is 80.1 Å². The van der Waals surface area contributed by atoms with Crippen LogP contribution in [0.15, 0.2) is 45.7 Å². The minimum Gasteiger partial charge on any atom is -0.497 e. The summed E-state index contributed by atoms with van der Waals surface area (Å²) in [6, 6.07) is 10.6. The van der Waals surface area contributed by atoms with Gasteiger partial charge in [0.1, 0.15) is 11.3 Å². The van der Waals surface area contributed by atoms with Gasteiger partial charge in [0.05, 0.1) is 12.0 Å². The van der Waals surface area contributed by atoms with Crippen molar-refractivity contribution in [1.29, 1.82) is 0 Å². The number of fused-ring (bicyclic) bond motifs is 2. The molecule has 1 amide bonds. The van der Waals surface area contributed by atoms with Crippen molar-refractivity contribution in [2.45, 2.75) is 37.5 Å². The molecular formula is C24H26N2O5S. The second-order valence-corrected chi connectivity index (χ2v) is 10.3. The van der Waals surface area contributed by atoms with Crippen LogP contribution < -0.4 is 9.64 Å². The molecule has 0 aliphatic carbocycles. The molecule has 0 atom stereocenters. The van der Waals surface area contributed by atoms with Crippen molar-refractivity contribution in [2.75, 3.05) is 31.6 Å². The average Bonchev–Trinajstić information content (AvgIpc) is 3.39. The van der Waals surface area contributed by atoms with Crippen molar-refractivity contribution in [1.82, 2.24) is 4.31 Å². The fourth-order valence-electron chi connectivity index (χ4n) is 4.66. The summed E-state index contributed by atoms with van der Waals surface area (Å²) in [5.74, 6) is 0.781. The monoisotopic (exact) mass is 454 g/mol. The van der Waals surface area contributed by atoms with E-state index in [4.69, 9.17) is 9.15 Å². The number of rotatable bonds is 4. The quantitative estimate of drug-likeness (QED) is 0.592. The third-order valence-corrected chi connectivity index (χ3v) is 8.38. The zero-order chi connectivity index (χ0) is 22.5. The molecule has 168 valence electrons. The van der Waals surface area contributed by atoms with E-state index in [0.29, 0.717) is 48.0 Å². The molecule has 2 aliphatic heterocycles. The number of ether oxygens (including phenoxy) is 1. The van der Waals surface area contributed by atoms with E-state index >= 15 is 0 Å². The van der Waals surface area contributed by atoms with Gasteiger partial charge in [0.2, 0.25) is 10.0 Å². The Labute approximate surface area is 187 Å². The van der Waals surface area contributed by atoms with Crippen LogP contribution in [0, 0.1) is 6.92 Å². The average molecular weight is 455 g/mol. The lowest BCUT2D eigenvalue weighted by atomic mass is 10.1. The van der Waals surface area contributed by atoms with Gasteiger partial charge >= 0.3 is 0 Å². The van der Waals surface area contributed by atoms with Crippen LogP contribution in [0.4, 0.5) is 5.69 Å². The first-order valence-corrected chi connectivity index (χ1v) is 12.4. The SMILES string of the molecule is COc1ccc2oc(C(=O)N3CCc4cc(S(=O)(=O)N5CCCCC5)ccc43)c(C)c2c1. The van der Waals surface area contributed by atoms with Crippen LogP contribution in [-0.4, -0.2) is 45.4 Å². The number of benzene rings is 2. The van der Waals surface area contributed by atoms with Crippen molar-refractivity contribution in [3.05, 3.63) is 53.3 Å². The first-order chi connectivity index (χ1) is 15.4. The van der Waals surface area contributed by atoms with E-state index in [2.05, 4.69) is 0 Å². The molecule has 32 heavy (non-hydrogen) atoms. The van der Waals surface area contributed by atoms with E-state index in [1.807, 2.05) is 13.0 Å². The molecule has 5 rings (SSSR count). The van der Waals surface area contributed by atoms with Crippen LogP contribution in [0.25, 0.3) is 11.0 Å². The highest BCUT2D eigenvalue weighted by Crippen LogP contribution is 2.35. The van der Waals surface area contributed by atoms with Crippen molar-refractivity contribution in [3.63, 3.8) is 0 Å². The number of methoxy groups -OCH3 is 1. The normalized spacial score (nSPS) is 17.0. The Morgan fingerprint density at radius 1 is 1.03 bits per heavy atom. The second kappa shape index (κ2) is 7.94. The van der Waals surface area contributed by atoms with E-state index in [1.165, 1.54) is 0 Å². The number of hydrogen-bond donors (Lipinski definition) is 0. The number of amides is 1. The summed E-state index contributed by atoms with van der Waals surface area (Å²) in [7, 11) is -1.90. The summed E-state index contributed by atoms with van der Waals surface area (Å²) in [5, 5.41) is 0.843. The molecule has 2 aliphatic rings. The van der Waals surface area contributed by atoms with E-state index in [9.17, 15) is 13.2 Å². The minimum absolute atomic E-state index is 0.219. The maximum Gasteiger partial charge on any atom is 0.294 e. The summed E-state index contributed by atoms with van der Waals surface area (Å²) < 4.78 is 38.8. The Balaban J connectivity index is 1.45. The molecule has 2 aromatic carbocycles. The maximum atomic E-state index is 13.4. The van der Waals surface area contributed by atoms with Crippen molar-refractivity contribution >= 4 is 32.6 Å². The van der Waals surface area contributed by atoms with Crippen LogP contribution in [0.3, 0.4) is 0 Å². The number of carbonyl (C=O) groups is 1. The van der Waals surface area contributed by atoms with Gasteiger partial charge < -0.3 is 14.1 Å². The molecule has 0 bridgehead atoms. The molecular weight excluding hydrogens is 428 g/mol. The molecule has 0 spiro atoms. The minimum atomic E-state index is -3.50. The largest absolute Gasteiger partial charge is 0.497 e. The first kappa shape index (κ1) is 21.0. The number of piperidine rings is 1. The van der Waals surface area contributed by atoms with Gasteiger partial charge in [-0.2, -0.15) is 4.31 Å². The fourth-order valence-corrected chi connectivity index (χ4v) is 6.23. The molecule has 1 fully saturated rings. The Hall–Kier alpha value is -2.84. The summed E-state index contributed by atoms with van der Waals surface area (Å²) in [6.07, 6.45) is 3.48. The van der Waals surface area contributed by atoms with Gasteiger partial charge in [-0.3, -0.25) is 4.79 Å². The third-order valence-electron chi connectivity index (χ3n) is 6.48. The zero-order valence-electron chi connectivity index (χ0n) is 18.3. The van der Waals surface area contributed by atoms with Gasteiger partial charge in [0, 0.05) is 36.3 Å². The van der Waals surface area contributed by atoms with Gasteiger partial charge in [-0.1, -0.05) is 6.42 Å². The molecule has 0 N–H and O–H groups in total. The molecule has 3 heterocycles. The number of carbonyl (C=O) groups excluding carboxylic acids is 1. The highest BCUT2D eigenvalue weighted by Gasteiger charge is 2.32. The van der Waals surface area contributed by atoms with E-state index in [-0.39, 0.29) is 5.91 Å². The third kappa shape index (κ3) is 3.38. The molecule has 3 aromatic rings. The Morgan fingerprint density at radius 2 is 1.81 bits per heavy atom. The molecule has 0 radical (unpaired) electrons. The molecule has 8 heteroatoms. The summed E-state index contributed by atoms with van der Waals surface area (Å²) in [4.78, 5) is 15.3. The molecule has 0 saturated carbocycles. The highest BCUT2D eigenvalue weighted by molar-refractivity contribution is 7.89. The summed E-state index contributed by atoms with van der Waals surface area (Å²) in [6.45, 7) is 3.49. The zero-order valence-corrected chi connectivity index (χ0v) is 19.1. The lowest BCUT2D eigenvalue weighted by Gasteiger charge is -2.26. The van der Waals surface area contributed by atoms with Crippen molar-refractivity contribution in [2.24, 2.45) is 0 Å². The van der Waals surface area contributed by atoms with Crippen molar-refractivity contribution < 1.29 is 22.4 Å². The van der Waals surface area contributed by atoms with Crippen LogP contribution in [-0.2, 0) is 16.4 Å². The van der Waals surface area contributed by atoms with Gasteiger partial charge in [0.25, 0.3) is 5.91 Å². The van der Waals surface area contributed by atoms with Crippen LogP contribution in [0.1, 0.15) is 40.9 Å². The lowest BCUT2D eigenvalue weighted by Crippen LogP contribution is -2.35. The molecule has 1 saturated heterocycles. The van der Waals surface area contributed by atoms with Crippen LogP contribution in [0.5, 0.6) is 5.75 Å². The number of furan rings is 1. The van der Waals surface area contributed by atoms with E-state index in [1.54, 1.807) is 46.6 Å². The number of hydrogen-bond acceptors (Lipinski definition) is 5. The van der Waals surface area contributed by atoms with Gasteiger partial charge in [-0.05, 0) is 68.1 Å². The van der Waals surface area contributed by atoms with Gasteiger partial charge in [-0.25, -0.2) is 8.42 Å². The highest BCUT2D eigenvalue weighted by atomic mass is 32.2. The lowest BCUT2D eigenvalue weighted by molar-refractivity contribution is 0.0964. The van der Waals surface area contributed by atoms with Gasteiger partial charge in [0.15, 0.2) is 5.76 Å². The van der Waals surface area contributed by atoms with Crippen molar-refractivity contribution in [3.8, 4) is 5.75 Å². The second-order valence-electron chi connectivity index (χ2n) is 8.38. The van der Waals surface area contributed by atoms with Gasteiger partial charge in [-0.15, -0.1) is 0 Å².